The van der Waals surface area contributed by atoms with Gasteiger partial charge in [-0.1, -0.05) is 19.3 Å². The standard InChI is InChI=1S/C15H23N3O3S/c19-15(17-12-6-2-3-7-12)14-10-13(11-16-14)22(20,21)18-8-4-1-5-9-18/h10-12,16H,1-9H2,(H,17,19). The Balaban J connectivity index is 1.70. The molecule has 2 N–H and O–H groups in total. The number of carbonyl (C=O) groups excluding carboxylic acids is 1. The SMILES string of the molecule is O=C(NC1CCCC1)c1cc(S(=O)(=O)N2CCCCC2)c[nH]1. The fourth-order valence-electron chi connectivity index (χ4n) is 3.24. The summed E-state index contributed by atoms with van der Waals surface area (Å²) in [5.74, 6) is -0.216. The number of H-pyrrole nitrogens is 1. The molecule has 1 aliphatic carbocycles. The van der Waals surface area contributed by atoms with Crippen LogP contribution in [0.25, 0.3) is 0 Å². The minimum Gasteiger partial charge on any atom is -0.356 e. The van der Waals surface area contributed by atoms with Crippen LogP contribution in [-0.2, 0) is 10.0 Å². The second kappa shape index (κ2) is 6.42. The summed E-state index contributed by atoms with van der Waals surface area (Å²) >= 11 is 0. The highest BCUT2D eigenvalue weighted by Gasteiger charge is 2.28. The Hall–Kier alpha value is -1.34. The lowest BCUT2D eigenvalue weighted by atomic mass is 10.2. The molecule has 2 aliphatic rings. The van der Waals surface area contributed by atoms with Gasteiger partial charge in [0.15, 0.2) is 0 Å². The highest BCUT2D eigenvalue weighted by molar-refractivity contribution is 7.89. The number of hydrogen-bond acceptors (Lipinski definition) is 3. The number of aromatic amines is 1. The minimum absolute atomic E-state index is 0.186. The quantitative estimate of drug-likeness (QED) is 0.886. The number of amides is 1. The van der Waals surface area contributed by atoms with Crippen LogP contribution in [0.1, 0.15) is 55.4 Å². The van der Waals surface area contributed by atoms with Crippen molar-refractivity contribution >= 4 is 15.9 Å². The molecule has 3 rings (SSSR count). The van der Waals surface area contributed by atoms with E-state index in [-0.39, 0.29) is 16.8 Å². The van der Waals surface area contributed by atoms with Crippen LogP contribution in [0.2, 0.25) is 0 Å². The highest BCUT2D eigenvalue weighted by atomic mass is 32.2. The molecule has 1 amide bonds. The smallest absolute Gasteiger partial charge is 0.267 e. The number of carbonyl (C=O) groups is 1. The van der Waals surface area contributed by atoms with Gasteiger partial charge in [-0.2, -0.15) is 4.31 Å². The molecular formula is C15H23N3O3S. The molecular weight excluding hydrogens is 302 g/mol. The fraction of sp³-hybridized carbons (Fsp3) is 0.667. The van der Waals surface area contributed by atoms with E-state index in [2.05, 4.69) is 10.3 Å². The maximum absolute atomic E-state index is 12.5. The van der Waals surface area contributed by atoms with Gasteiger partial charge in [0.2, 0.25) is 10.0 Å². The topological polar surface area (TPSA) is 82.3 Å². The molecule has 2 heterocycles. The largest absolute Gasteiger partial charge is 0.356 e. The monoisotopic (exact) mass is 325 g/mol. The Morgan fingerprint density at radius 2 is 1.82 bits per heavy atom. The van der Waals surface area contributed by atoms with Crippen LogP contribution in [0.4, 0.5) is 0 Å². The third-order valence-electron chi connectivity index (χ3n) is 4.54. The molecule has 0 spiro atoms. The average Bonchev–Trinajstić information content (AvgIpc) is 3.19. The summed E-state index contributed by atoms with van der Waals surface area (Å²) in [6.45, 7) is 1.13. The minimum atomic E-state index is -3.48. The van der Waals surface area contributed by atoms with Crippen LogP contribution in [0.15, 0.2) is 17.2 Å². The van der Waals surface area contributed by atoms with Crippen molar-refractivity contribution in [2.24, 2.45) is 0 Å². The molecule has 1 saturated carbocycles. The molecule has 1 aliphatic heterocycles. The van der Waals surface area contributed by atoms with Crippen molar-refractivity contribution in [3.63, 3.8) is 0 Å². The number of nitrogens with one attached hydrogen (secondary N) is 2. The van der Waals surface area contributed by atoms with Crippen LogP contribution in [-0.4, -0.2) is 42.7 Å². The van der Waals surface area contributed by atoms with Crippen molar-refractivity contribution in [1.29, 1.82) is 0 Å². The maximum atomic E-state index is 12.5. The summed E-state index contributed by atoms with van der Waals surface area (Å²) in [7, 11) is -3.48. The molecule has 1 saturated heterocycles. The van der Waals surface area contributed by atoms with E-state index >= 15 is 0 Å². The van der Waals surface area contributed by atoms with E-state index in [1.54, 1.807) is 0 Å². The van der Waals surface area contributed by atoms with Gasteiger partial charge in [-0.25, -0.2) is 8.42 Å². The molecule has 0 radical (unpaired) electrons. The molecule has 22 heavy (non-hydrogen) atoms. The normalized spacial score (nSPS) is 21.1. The zero-order chi connectivity index (χ0) is 15.6. The Morgan fingerprint density at radius 3 is 2.50 bits per heavy atom. The molecule has 0 unspecified atom stereocenters. The molecule has 0 bridgehead atoms. The lowest BCUT2D eigenvalue weighted by Crippen LogP contribution is -2.35. The van der Waals surface area contributed by atoms with E-state index in [4.69, 9.17) is 0 Å². The van der Waals surface area contributed by atoms with Gasteiger partial charge in [-0.15, -0.1) is 0 Å². The van der Waals surface area contributed by atoms with Crippen LogP contribution < -0.4 is 5.32 Å². The Kier molecular flexibility index (Phi) is 4.54. The molecule has 1 aromatic heterocycles. The molecule has 2 fully saturated rings. The van der Waals surface area contributed by atoms with Crippen LogP contribution >= 0.6 is 0 Å². The predicted molar refractivity (Wildman–Crippen MR) is 83.1 cm³/mol. The zero-order valence-corrected chi connectivity index (χ0v) is 13.5. The van der Waals surface area contributed by atoms with Crippen LogP contribution in [0.5, 0.6) is 0 Å². The van der Waals surface area contributed by atoms with E-state index in [1.165, 1.54) is 16.6 Å². The lowest BCUT2D eigenvalue weighted by molar-refractivity contribution is 0.0933. The molecule has 122 valence electrons. The van der Waals surface area contributed by atoms with Gasteiger partial charge in [0, 0.05) is 25.3 Å². The average molecular weight is 325 g/mol. The number of nitrogens with zero attached hydrogens (tertiary/aromatic N) is 1. The van der Waals surface area contributed by atoms with E-state index < -0.39 is 10.0 Å². The number of sulfonamides is 1. The summed E-state index contributed by atoms with van der Waals surface area (Å²) in [6.07, 6.45) is 8.60. The van der Waals surface area contributed by atoms with E-state index in [1.807, 2.05) is 0 Å². The summed E-state index contributed by atoms with van der Waals surface area (Å²) < 4.78 is 26.6. The summed E-state index contributed by atoms with van der Waals surface area (Å²) in [6, 6.07) is 1.67. The van der Waals surface area contributed by atoms with E-state index in [0.717, 1.165) is 44.9 Å². The first kappa shape index (κ1) is 15.6. The van der Waals surface area contributed by atoms with Crippen molar-refractivity contribution in [1.82, 2.24) is 14.6 Å². The first-order valence-corrected chi connectivity index (χ1v) is 9.51. The third kappa shape index (κ3) is 3.20. The van der Waals surface area contributed by atoms with Gasteiger partial charge in [0.25, 0.3) is 5.91 Å². The van der Waals surface area contributed by atoms with Gasteiger partial charge < -0.3 is 10.3 Å². The molecule has 0 aromatic carbocycles. The Labute approximate surface area is 131 Å². The van der Waals surface area contributed by atoms with Crippen LogP contribution in [0, 0.1) is 0 Å². The van der Waals surface area contributed by atoms with E-state index in [9.17, 15) is 13.2 Å². The second-order valence-electron chi connectivity index (χ2n) is 6.17. The first-order valence-electron chi connectivity index (χ1n) is 8.07. The lowest BCUT2D eigenvalue weighted by Gasteiger charge is -2.25. The molecule has 1 aromatic rings. The third-order valence-corrected chi connectivity index (χ3v) is 6.42. The Morgan fingerprint density at radius 1 is 1.14 bits per heavy atom. The molecule has 0 atom stereocenters. The van der Waals surface area contributed by atoms with Crippen molar-refractivity contribution in [2.45, 2.75) is 55.9 Å². The van der Waals surface area contributed by atoms with Gasteiger partial charge in [-0.05, 0) is 31.7 Å². The number of piperidine rings is 1. The highest BCUT2D eigenvalue weighted by Crippen LogP contribution is 2.22. The maximum Gasteiger partial charge on any atom is 0.267 e. The van der Waals surface area contributed by atoms with Crippen LogP contribution in [0.3, 0.4) is 0 Å². The number of aromatic nitrogens is 1. The number of rotatable bonds is 4. The Bertz CT molecular complexity index is 626. The summed E-state index contributed by atoms with van der Waals surface area (Å²) in [5.41, 5.74) is 0.322. The second-order valence-corrected chi connectivity index (χ2v) is 8.11. The first-order chi connectivity index (χ1) is 10.6. The van der Waals surface area contributed by atoms with Crippen molar-refractivity contribution in [3.05, 3.63) is 18.0 Å². The van der Waals surface area contributed by atoms with Crippen molar-refractivity contribution in [3.8, 4) is 0 Å². The van der Waals surface area contributed by atoms with Gasteiger partial charge in [0.05, 0.1) is 0 Å². The van der Waals surface area contributed by atoms with E-state index in [0.29, 0.717) is 18.8 Å². The number of hydrogen-bond donors (Lipinski definition) is 2. The zero-order valence-electron chi connectivity index (χ0n) is 12.7. The van der Waals surface area contributed by atoms with Crippen molar-refractivity contribution < 1.29 is 13.2 Å². The molecule has 6 nitrogen and oxygen atoms in total. The van der Waals surface area contributed by atoms with Gasteiger partial charge >= 0.3 is 0 Å². The van der Waals surface area contributed by atoms with Crippen molar-refractivity contribution in [2.75, 3.05) is 13.1 Å². The van der Waals surface area contributed by atoms with Gasteiger partial charge in [-0.3, -0.25) is 4.79 Å². The predicted octanol–water partition coefficient (Wildman–Crippen LogP) is 1.86. The molecule has 7 heteroatoms. The fourth-order valence-corrected chi connectivity index (χ4v) is 4.75. The summed E-state index contributed by atoms with van der Waals surface area (Å²) in [4.78, 5) is 15.2. The summed E-state index contributed by atoms with van der Waals surface area (Å²) in [5, 5.41) is 2.96. The van der Waals surface area contributed by atoms with Gasteiger partial charge in [0.1, 0.15) is 10.6 Å².